The predicted octanol–water partition coefficient (Wildman–Crippen LogP) is 3.69. The summed E-state index contributed by atoms with van der Waals surface area (Å²) in [5.74, 6) is 0.179. The van der Waals surface area contributed by atoms with Crippen molar-refractivity contribution < 1.29 is 14.1 Å². The van der Waals surface area contributed by atoms with Gasteiger partial charge >= 0.3 is 0 Å². The van der Waals surface area contributed by atoms with Gasteiger partial charge < -0.3 is 10.6 Å². The van der Waals surface area contributed by atoms with Gasteiger partial charge in [0.15, 0.2) is 0 Å². The van der Waals surface area contributed by atoms with Gasteiger partial charge in [-0.25, -0.2) is 4.39 Å². The van der Waals surface area contributed by atoms with Crippen LogP contribution in [0.4, 0.5) is 15.8 Å². The van der Waals surface area contributed by atoms with Crippen LogP contribution >= 0.6 is 11.8 Å². The molecule has 0 aliphatic rings. The lowest BCUT2D eigenvalue weighted by atomic mass is 10.1. The van der Waals surface area contributed by atoms with Crippen LogP contribution in [0, 0.1) is 15.9 Å². The molecule has 1 amide bonds. The molecule has 0 radical (unpaired) electrons. The highest BCUT2D eigenvalue weighted by Gasteiger charge is 2.15. The van der Waals surface area contributed by atoms with Crippen molar-refractivity contribution in [2.75, 3.05) is 24.7 Å². The normalized spacial score (nSPS) is 10.3. The van der Waals surface area contributed by atoms with E-state index in [0.717, 1.165) is 17.1 Å². The molecule has 0 fully saturated rings. The van der Waals surface area contributed by atoms with Crippen molar-refractivity contribution in [3.8, 4) is 0 Å². The second kappa shape index (κ2) is 9.03. The molecule has 0 unspecified atom stereocenters. The van der Waals surface area contributed by atoms with Gasteiger partial charge in [-0.15, -0.1) is 11.8 Å². The Morgan fingerprint density at radius 2 is 1.96 bits per heavy atom. The van der Waals surface area contributed by atoms with Crippen LogP contribution in [0.25, 0.3) is 0 Å². The van der Waals surface area contributed by atoms with Crippen LogP contribution in [-0.2, 0) is 0 Å². The average molecular weight is 363 g/mol. The third-order valence-corrected chi connectivity index (χ3v) is 4.50. The molecule has 2 N–H and O–H groups in total. The van der Waals surface area contributed by atoms with Gasteiger partial charge in [0.05, 0.1) is 10.5 Å². The minimum Gasteiger partial charge on any atom is -0.384 e. The van der Waals surface area contributed by atoms with E-state index in [-0.39, 0.29) is 23.0 Å². The molecule has 0 bridgehead atoms. The van der Waals surface area contributed by atoms with Crippen molar-refractivity contribution in [3.05, 3.63) is 64.0 Å². The topological polar surface area (TPSA) is 84.3 Å². The summed E-state index contributed by atoms with van der Waals surface area (Å²) in [5.41, 5.74) is 0.663. The van der Waals surface area contributed by atoms with Crippen molar-refractivity contribution in [2.24, 2.45) is 0 Å². The molecule has 0 heterocycles. The van der Waals surface area contributed by atoms with Gasteiger partial charge in [0.1, 0.15) is 5.82 Å². The maximum Gasteiger partial charge on any atom is 0.270 e. The molecule has 132 valence electrons. The van der Waals surface area contributed by atoms with E-state index < -0.39 is 4.92 Å². The van der Waals surface area contributed by atoms with E-state index >= 15 is 0 Å². The van der Waals surface area contributed by atoms with Crippen molar-refractivity contribution in [1.82, 2.24) is 5.32 Å². The molecule has 0 aliphatic carbocycles. The van der Waals surface area contributed by atoms with Gasteiger partial charge in [-0.2, -0.15) is 0 Å². The summed E-state index contributed by atoms with van der Waals surface area (Å²) in [6.45, 7) is 0.607. The number of rotatable bonds is 8. The van der Waals surface area contributed by atoms with E-state index in [4.69, 9.17) is 0 Å². The molecule has 0 aromatic heterocycles. The van der Waals surface area contributed by atoms with Gasteiger partial charge in [-0.3, -0.25) is 14.9 Å². The van der Waals surface area contributed by atoms with Gasteiger partial charge in [-0.1, -0.05) is 0 Å². The second-order valence-corrected chi connectivity index (χ2v) is 6.32. The molecule has 0 spiro atoms. The summed E-state index contributed by atoms with van der Waals surface area (Å²) in [4.78, 5) is 23.2. The Kier molecular flexibility index (Phi) is 6.76. The average Bonchev–Trinajstić information content (AvgIpc) is 2.62. The van der Waals surface area contributed by atoms with E-state index in [0.29, 0.717) is 12.2 Å². The monoisotopic (exact) mass is 363 g/mol. The smallest absolute Gasteiger partial charge is 0.270 e. The summed E-state index contributed by atoms with van der Waals surface area (Å²) in [5, 5.41) is 16.5. The number of carbonyl (C=O) groups excluding carboxylic acids is 1. The van der Waals surface area contributed by atoms with Gasteiger partial charge in [0.25, 0.3) is 11.6 Å². The number of non-ortho nitro benzene ring substituents is 1. The summed E-state index contributed by atoms with van der Waals surface area (Å²) < 4.78 is 12.8. The Morgan fingerprint density at radius 1 is 1.24 bits per heavy atom. The van der Waals surface area contributed by atoms with Crippen LogP contribution in [0.5, 0.6) is 0 Å². The summed E-state index contributed by atoms with van der Waals surface area (Å²) in [6, 6.07) is 10.5. The highest BCUT2D eigenvalue weighted by Crippen LogP contribution is 2.23. The zero-order chi connectivity index (χ0) is 18.2. The van der Waals surface area contributed by atoms with Crippen molar-refractivity contribution >= 4 is 29.0 Å². The first-order chi connectivity index (χ1) is 12.0. The Morgan fingerprint density at radius 3 is 2.60 bits per heavy atom. The lowest BCUT2D eigenvalue weighted by molar-refractivity contribution is -0.384. The molecule has 2 rings (SSSR count). The Balaban J connectivity index is 1.90. The molecule has 0 aliphatic heterocycles. The van der Waals surface area contributed by atoms with E-state index in [1.54, 1.807) is 23.9 Å². The second-order valence-electron chi connectivity index (χ2n) is 5.15. The molecule has 8 heteroatoms. The van der Waals surface area contributed by atoms with Crippen LogP contribution in [0.2, 0.25) is 0 Å². The molecule has 6 nitrogen and oxygen atoms in total. The first kappa shape index (κ1) is 18.7. The minimum absolute atomic E-state index is 0.129. The third-order valence-electron chi connectivity index (χ3n) is 3.40. The third kappa shape index (κ3) is 5.46. The summed E-state index contributed by atoms with van der Waals surface area (Å²) in [6.07, 6.45) is 0.812. The number of anilines is 1. The predicted molar refractivity (Wildman–Crippen MR) is 96.7 cm³/mol. The summed E-state index contributed by atoms with van der Waals surface area (Å²) >= 11 is 1.61. The molecule has 2 aromatic rings. The number of nitrogens with zero attached hydrogens (tertiary/aromatic N) is 1. The number of carbonyl (C=O) groups is 1. The zero-order valence-corrected chi connectivity index (χ0v) is 14.4. The van der Waals surface area contributed by atoms with Crippen molar-refractivity contribution in [2.45, 2.75) is 11.3 Å². The zero-order valence-electron chi connectivity index (χ0n) is 13.6. The fraction of sp³-hybridized carbons (Fsp3) is 0.235. The van der Waals surface area contributed by atoms with Gasteiger partial charge in [0, 0.05) is 36.3 Å². The van der Waals surface area contributed by atoms with Crippen LogP contribution in [0.3, 0.4) is 0 Å². The van der Waals surface area contributed by atoms with Crippen LogP contribution in [0.1, 0.15) is 16.8 Å². The molecule has 0 saturated carbocycles. The SMILES string of the molecule is CNC(=O)c1cc([N+](=O)[O-])ccc1NCCCSc1ccc(F)cc1. The number of thioether (sulfide) groups is 1. The van der Waals surface area contributed by atoms with E-state index in [2.05, 4.69) is 10.6 Å². The molecular weight excluding hydrogens is 345 g/mol. The number of amides is 1. The fourth-order valence-corrected chi connectivity index (χ4v) is 2.99. The van der Waals surface area contributed by atoms with Crippen LogP contribution in [0.15, 0.2) is 47.4 Å². The number of nitro groups is 1. The van der Waals surface area contributed by atoms with E-state index in [9.17, 15) is 19.3 Å². The van der Waals surface area contributed by atoms with E-state index in [1.807, 2.05) is 0 Å². The number of nitro benzene ring substituents is 1. The van der Waals surface area contributed by atoms with Crippen molar-refractivity contribution in [1.29, 1.82) is 0 Å². The largest absolute Gasteiger partial charge is 0.384 e. The quantitative estimate of drug-likeness (QED) is 0.323. The first-order valence-corrected chi connectivity index (χ1v) is 8.62. The lowest BCUT2D eigenvalue weighted by Gasteiger charge is -2.11. The van der Waals surface area contributed by atoms with Gasteiger partial charge in [-0.05, 0) is 42.5 Å². The number of hydrogen-bond acceptors (Lipinski definition) is 5. The molecular formula is C17H18FN3O3S. The molecule has 0 saturated heterocycles. The Bertz CT molecular complexity index is 753. The van der Waals surface area contributed by atoms with Crippen LogP contribution < -0.4 is 10.6 Å². The molecule has 2 aromatic carbocycles. The van der Waals surface area contributed by atoms with E-state index in [1.165, 1.54) is 37.4 Å². The standard InChI is InChI=1S/C17H18FN3O3S/c1-19-17(22)15-11-13(21(23)24)5-8-16(15)20-9-2-10-25-14-6-3-12(18)4-7-14/h3-8,11,20H,2,9-10H2,1H3,(H,19,22). The van der Waals surface area contributed by atoms with Gasteiger partial charge in [0.2, 0.25) is 0 Å². The number of halogens is 1. The maximum absolute atomic E-state index is 12.8. The highest BCUT2D eigenvalue weighted by atomic mass is 32.2. The highest BCUT2D eigenvalue weighted by molar-refractivity contribution is 7.99. The molecule has 0 atom stereocenters. The lowest BCUT2D eigenvalue weighted by Crippen LogP contribution is -2.20. The maximum atomic E-state index is 12.8. The first-order valence-electron chi connectivity index (χ1n) is 7.64. The summed E-state index contributed by atoms with van der Waals surface area (Å²) in [7, 11) is 1.48. The minimum atomic E-state index is -0.532. The Hall–Kier alpha value is -2.61. The number of nitrogens with one attached hydrogen (secondary N) is 2. The number of hydrogen-bond donors (Lipinski definition) is 2. The van der Waals surface area contributed by atoms with Crippen LogP contribution in [-0.4, -0.2) is 30.2 Å². The van der Waals surface area contributed by atoms with Crippen molar-refractivity contribution in [3.63, 3.8) is 0 Å². The molecule has 25 heavy (non-hydrogen) atoms. The number of benzene rings is 2. The Labute approximate surface area is 149 Å². The fourth-order valence-electron chi connectivity index (χ4n) is 2.14.